The number of thiophene rings is 1. The standard InChI is InChI=1S/C27H22ClNO4S2/c1-17-6-8-18(9-7-17)21-4-2-3-5-22(21)23-16-27(23,26(30)31)29-35(32,33)25-15-14-24(34-25)19-10-12-20(28)13-11-19/h2-15,23,29H,16H2,1H3,(H,30,31). The van der Waals surface area contributed by atoms with Gasteiger partial charge in [-0.05, 0) is 59.9 Å². The molecule has 1 fully saturated rings. The quantitative estimate of drug-likeness (QED) is 0.296. The van der Waals surface area contributed by atoms with Crippen LogP contribution in [0.4, 0.5) is 0 Å². The Balaban J connectivity index is 1.45. The second kappa shape index (κ2) is 8.91. The summed E-state index contributed by atoms with van der Waals surface area (Å²) in [7, 11) is -4.06. The number of carboxylic acid groups (broad SMARTS) is 1. The number of carboxylic acids is 1. The van der Waals surface area contributed by atoms with E-state index in [1.165, 1.54) is 6.07 Å². The molecule has 3 aromatic carbocycles. The van der Waals surface area contributed by atoms with E-state index in [-0.39, 0.29) is 10.6 Å². The second-order valence-electron chi connectivity index (χ2n) is 8.72. The van der Waals surface area contributed by atoms with E-state index in [4.69, 9.17) is 11.6 Å². The van der Waals surface area contributed by atoms with Crippen molar-refractivity contribution in [2.24, 2.45) is 0 Å². The van der Waals surface area contributed by atoms with Crippen LogP contribution in [0.2, 0.25) is 5.02 Å². The number of rotatable bonds is 7. The van der Waals surface area contributed by atoms with Crippen LogP contribution in [0, 0.1) is 6.92 Å². The van der Waals surface area contributed by atoms with Crippen molar-refractivity contribution < 1.29 is 18.3 Å². The molecule has 0 radical (unpaired) electrons. The van der Waals surface area contributed by atoms with Gasteiger partial charge < -0.3 is 5.11 Å². The summed E-state index contributed by atoms with van der Waals surface area (Å²) in [5.41, 5.74) is 3.05. The largest absolute Gasteiger partial charge is 0.480 e. The normalized spacial score (nSPS) is 19.4. The van der Waals surface area contributed by atoms with Gasteiger partial charge in [-0.1, -0.05) is 77.8 Å². The molecule has 4 aromatic rings. The molecule has 5 rings (SSSR count). The van der Waals surface area contributed by atoms with Crippen LogP contribution in [-0.4, -0.2) is 25.0 Å². The summed E-state index contributed by atoms with van der Waals surface area (Å²) in [5.74, 6) is -1.66. The van der Waals surface area contributed by atoms with Crippen molar-refractivity contribution in [3.05, 3.63) is 101 Å². The lowest BCUT2D eigenvalue weighted by Crippen LogP contribution is -2.44. The van der Waals surface area contributed by atoms with E-state index in [2.05, 4.69) is 4.72 Å². The molecule has 5 nitrogen and oxygen atoms in total. The van der Waals surface area contributed by atoms with Gasteiger partial charge in [0.25, 0.3) is 10.0 Å². The number of aryl methyl sites for hydroxylation is 1. The first-order valence-electron chi connectivity index (χ1n) is 11.0. The number of nitrogens with one attached hydrogen (secondary N) is 1. The van der Waals surface area contributed by atoms with Crippen molar-refractivity contribution in [3.63, 3.8) is 0 Å². The first-order valence-corrected chi connectivity index (χ1v) is 13.7. The van der Waals surface area contributed by atoms with Gasteiger partial charge in [-0.3, -0.25) is 4.79 Å². The van der Waals surface area contributed by atoms with Crippen LogP contribution >= 0.6 is 22.9 Å². The molecule has 1 saturated carbocycles. The molecular weight excluding hydrogens is 502 g/mol. The van der Waals surface area contributed by atoms with Crippen molar-refractivity contribution in [1.82, 2.24) is 4.72 Å². The minimum Gasteiger partial charge on any atom is -0.480 e. The molecule has 8 heteroatoms. The Morgan fingerprint density at radius 1 is 0.971 bits per heavy atom. The van der Waals surface area contributed by atoms with Gasteiger partial charge in [-0.15, -0.1) is 11.3 Å². The third-order valence-corrected chi connectivity index (χ3v) is 9.72. The molecule has 2 atom stereocenters. The van der Waals surface area contributed by atoms with Gasteiger partial charge in [-0.2, -0.15) is 4.72 Å². The second-order valence-corrected chi connectivity index (χ2v) is 12.1. The fraction of sp³-hybridized carbons (Fsp3) is 0.148. The Labute approximate surface area is 213 Å². The lowest BCUT2D eigenvalue weighted by Gasteiger charge is -2.16. The van der Waals surface area contributed by atoms with Crippen molar-refractivity contribution in [2.75, 3.05) is 0 Å². The van der Waals surface area contributed by atoms with Crippen LogP contribution < -0.4 is 4.72 Å². The van der Waals surface area contributed by atoms with Crippen LogP contribution in [0.3, 0.4) is 0 Å². The maximum absolute atomic E-state index is 13.3. The fourth-order valence-corrected chi connectivity index (χ4v) is 7.19. The number of carbonyl (C=O) groups is 1. The first kappa shape index (κ1) is 23.8. The Morgan fingerprint density at radius 2 is 1.63 bits per heavy atom. The predicted molar refractivity (Wildman–Crippen MR) is 139 cm³/mol. The number of sulfonamides is 1. The molecule has 0 bridgehead atoms. The molecule has 0 aliphatic heterocycles. The SMILES string of the molecule is Cc1ccc(-c2ccccc2C2CC2(NS(=O)(=O)c2ccc(-c3ccc(Cl)cc3)s2)C(=O)O)cc1. The van der Waals surface area contributed by atoms with Crippen LogP contribution in [0.25, 0.3) is 21.6 Å². The molecule has 35 heavy (non-hydrogen) atoms. The molecule has 2 N–H and O–H groups in total. The van der Waals surface area contributed by atoms with Gasteiger partial charge in [-0.25, -0.2) is 8.42 Å². The summed E-state index contributed by atoms with van der Waals surface area (Å²) in [6.07, 6.45) is 0.180. The number of hydrogen-bond donors (Lipinski definition) is 2. The van der Waals surface area contributed by atoms with Gasteiger partial charge in [0.1, 0.15) is 9.75 Å². The zero-order chi connectivity index (χ0) is 24.8. The average Bonchev–Trinajstić information content (AvgIpc) is 3.32. The Kier molecular flexibility index (Phi) is 6.05. The minimum atomic E-state index is -4.06. The summed E-state index contributed by atoms with van der Waals surface area (Å²) < 4.78 is 29.2. The van der Waals surface area contributed by atoms with Gasteiger partial charge in [0, 0.05) is 15.8 Å². The van der Waals surface area contributed by atoms with Gasteiger partial charge >= 0.3 is 5.97 Å². The first-order chi connectivity index (χ1) is 16.7. The molecular formula is C27H22ClNO4S2. The third kappa shape index (κ3) is 4.52. The van der Waals surface area contributed by atoms with E-state index in [0.29, 0.717) is 5.02 Å². The van der Waals surface area contributed by atoms with Gasteiger partial charge in [0.2, 0.25) is 0 Å². The maximum atomic E-state index is 13.3. The number of aliphatic carboxylic acids is 1. The van der Waals surface area contributed by atoms with Gasteiger partial charge in [0.05, 0.1) is 0 Å². The molecule has 0 spiro atoms. The molecule has 1 aliphatic rings. The molecule has 1 heterocycles. The Hall–Kier alpha value is -2.97. The van der Waals surface area contributed by atoms with Crippen LogP contribution in [0.5, 0.6) is 0 Å². The van der Waals surface area contributed by atoms with Crippen molar-refractivity contribution in [1.29, 1.82) is 0 Å². The topological polar surface area (TPSA) is 83.5 Å². The highest BCUT2D eigenvalue weighted by Crippen LogP contribution is 2.54. The smallest absolute Gasteiger partial charge is 0.325 e. The lowest BCUT2D eigenvalue weighted by atomic mass is 9.94. The van der Waals surface area contributed by atoms with Crippen LogP contribution in [0.15, 0.2) is 89.1 Å². The fourth-order valence-electron chi connectivity index (χ4n) is 4.35. The molecule has 0 saturated heterocycles. The van der Waals surface area contributed by atoms with Crippen molar-refractivity contribution in [3.8, 4) is 21.6 Å². The Bertz CT molecular complexity index is 1510. The van der Waals surface area contributed by atoms with Crippen molar-refractivity contribution >= 4 is 38.9 Å². The molecule has 178 valence electrons. The zero-order valence-electron chi connectivity index (χ0n) is 18.7. The molecule has 1 aliphatic carbocycles. The monoisotopic (exact) mass is 523 g/mol. The predicted octanol–water partition coefficient (Wildman–Crippen LogP) is 6.33. The van der Waals surface area contributed by atoms with E-state index >= 15 is 0 Å². The molecule has 2 unspecified atom stereocenters. The summed E-state index contributed by atoms with van der Waals surface area (Å²) in [6, 6.07) is 25.9. The molecule has 0 amide bonds. The highest BCUT2D eigenvalue weighted by molar-refractivity contribution is 7.91. The summed E-state index contributed by atoms with van der Waals surface area (Å²) >= 11 is 7.04. The van der Waals surface area contributed by atoms with Crippen molar-refractivity contribution in [2.45, 2.75) is 29.0 Å². The number of benzene rings is 3. The number of hydrogen-bond acceptors (Lipinski definition) is 4. The average molecular weight is 524 g/mol. The highest BCUT2D eigenvalue weighted by atomic mass is 35.5. The zero-order valence-corrected chi connectivity index (χ0v) is 21.1. The van der Waals surface area contributed by atoms with E-state index in [1.807, 2.05) is 67.6 Å². The van der Waals surface area contributed by atoms with Crippen LogP contribution in [0.1, 0.15) is 23.5 Å². The minimum absolute atomic E-state index is 0.0699. The number of halogens is 1. The summed E-state index contributed by atoms with van der Waals surface area (Å²) in [6.45, 7) is 2.00. The highest BCUT2D eigenvalue weighted by Gasteiger charge is 2.64. The lowest BCUT2D eigenvalue weighted by molar-refractivity contribution is -0.140. The summed E-state index contributed by atoms with van der Waals surface area (Å²) in [5, 5.41) is 10.7. The van der Waals surface area contributed by atoms with E-state index in [0.717, 1.165) is 44.0 Å². The Morgan fingerprint density at radius 3 is 2.31 bits per heavy atom. The van der Waals surface area contributed by atoms with E-state index in [1.54, 1.807) is 18.2 Å². The third-order valence-electron chi connectivity index (χ3n) is 6.33. The van der Waals surface area contributed by atoms with E-state index < -0.39 is 27.4 Å². The summed E-state index contributed by atoms with van der Waals surface area (Å²) in [4.78, 5) is 13.1. The van der Waals surface area contributed by atoms with E-state index in [9.17, 15) is 18.3 Å². The van der Waals surface area contributed by atoms with Gasteiger partial charge in [0.15, 0.2) is 0 Å². The van der Waals surface area contributed by atoms with Crippen LogP contribution in [-0.2, 0) is 14.8 Å². The molecule has 1 aromatic heterocycles. The maximum Gasteiger partial charge on any atom is 0.325 e.